The lowest BCUT2D eigenvalue weighted by atomic mass is 10.1. The topological polar surface area (TPSA) is 4.93 Å². The molecule has 2 heteroatoms. The van der Waals surface area contributed by atoms with E-state index in [0.29, 0.717) is 0 Å². The van der Waals surface area contributed by atoms with Gasteiger partial charge >= 0.3 is 0 Å². The van der Waals surface area contributed by atoms with E-state index in [1.54, 1.807) is 11.8 Å². The Labute approximate surface area is 124 Å². The minimum absolute atomic E-state index is 1.21. The van der Waals surface area contributed by atoms with Crippen molar-refractivity contribution in [3.63, 3.8) is 0 Å². The van der Waals surface area contributed by atoms with Gasteiger partial charge in [-0.2, -0.15) is 0 Å². The quantitative estimate of drug-likeness (QED) is 0.598. The Morgan fingerprint density at radius 2 is 1.50 bits per heavy atom. The highest BCUT2D eigenvalue weighted by Crippen LogP contribution is 2.27. The molecule has 0 atom stereocenters. The smallest absolute Gasteiger partial charge is 0.0531 e. The highest BCUT2D eigenvalue weighted by Gasteiger charge is 2.08. The van der Waals surface area contributed by atoms with Crippen molar-refractivity contribution in [3.05, 3.63) is 72.4 Å². The van der Waals surface area contributed by atoms with Gasteiger partial charge in [-0.25, -0.2) is 0 Å². The van der Waals surface area contributed by atoms with Crippen molar-refractivity contribution < 1.29 is 0 Å². The van der Waals surface area contributed by atoms with Crippen LogP contribution < -0.4 is 0 Å². The number of hydrogen-bond donors (Lipinski definition) is 0. The van der Waals surface area contributed by atoms with Crippen LogP contribution >= 0.6 is 11.8 Å². The molecule has 100 valence electrons. The van der Waals surface area contributed by atoms with Crippen molar-refractivity contribution in [2.75, 3.05) is 6.26 Å². The lowest BCUT2D eigenvalue weighted by molar-refractivity contribution is 1.02. The van der Waals surface area contributed by atoms with Crippen LogP contribution in [0.4, 0.5) is 0 Å². The summed E-state index contributed by atoms with van der Waals surface area (Å²) in [6.45, 7) is 2.15. The molecule has 1 heterocycles. The lowest BCUT2D eigenvalue weighted by Crippen LogP contribution is -1.98. The predicted octanol–water partition coefficient (Wildman–Crippen LogP) is 5.17. The van der Waals surface area contributed by atoms with E-state index in [9.17, 15) is 0 Å². The molecule has 0 unspecified atom stereocenters. The molecule has 0 spiro atoms. The first kappa shape index (κ1) is 13.1. The number of aryl methyl sites for hydroxylation is 1. The molecule has 0 aliphatic rings. The fraction of sp³-hybridized carbons (Fsp3) is 0.111. The Kier molecular flexibility index (Phi) is 3.66. The maximum atomic E-state index is 2.30. The van der Waals surface area contributed by atoms with Gasteiger partial charge < -0.3 is 4.57 Å². The van der Waals surface area contributed by atoms with Crippen LogP contribution in [0.1, 0.15) is 5.69 Å². The highest BCUT2D eigenvalue weighted by atomic mass is 32.2. The fourth-order valence-electron chi connectivity index (χ4n) is 2.45. The third kappa shape index (κ3) is 2.39. The van der Waals surface area contributed by atoms with Gasteiger partial charge in [-0.15, -0.1) is 11.8 Å². The molecule has 3 rings (SSSR count). The number of thioether (sulfide) groups is 1. The van der Waals surface area contributed by atoms with Crippen LogP contribution in [-0.4, -0.2) is 10.8 Å². The van der Waals surface area contributed by atoms with Crippen molar-refractivity contribution in [3.8, 4) is 16.9 Å². The van der Waals surface area contributed by atoms with E-state index < -0.39 is 0 Å². The molecule has 0 N–H and O–H groups in total. The lowest BCUT2D eigenvalue weighted by Gasteiger charge is -2.12. The zero-order chi connectivity index (χ0) is 13.9. The minimum atomic E-state index is 1.21. The molecule has 3 aromatic rings. The number of para-hydroxylation sites is 1. The summed E-state index contributed by atoms with van der Waals surface area (Å²) in [5, 5.41) is 0. The molecule has 1 aromatic heterocycles. The second-order valence-electron chi connectivity index (χ2n) is 4.76. The van der Waals surface area contributed by atoms with Crippen molar-refractivity contribution in [2.24, 2.45) is 0 Å². The zero-order valence-corrected chi connectivity index (χ0v) is 12.5. The van der Waals surface area contributed by atoms with Crippen molar-refractivity contribution in [2.45, 2.75) is 11.8 Å². The second-order valence-corrected chi connectivity index (χ2v) is 5.64. The first-order valence-corrected chi connectivity index (χ1v) is 7.90. The number of rotatable bonds is 3. The Hall–Kier alpha value is -1.93. The van der Waals surface area contributed by atoms with Gasteiger partial charge in [-0.05, 0) is 55.1 Å². The van der Waals surface area contributed by atoms with E-state index in [1.165, 1.54) is 27.5 Å². The molecule has 0 fully saturated rings. The van der Waals surface area contributed by atoms with E-state index in [2.05, 4.69) is 84.5 Å². The van der Waals surface area contributed by atoms with E-state index in [0.717, 1.165) is 0 Å². The van der Waals surface area contributed by atoms with Gasteiger partial charge in [0.05, 0.1) is 5.69 Å². The van der Waals surface area contributed by atoms with Gasteiger partial charge in [0.25, 0.3) is 0 Å². The normalized spacial score (nSPS) is 10.7. The standard InChI is InChI=1S/C18H17NS/c1-14-8-13-18(15-9-11-17(20-2)12-10-15)19(14)16-6-4-3-5-7-16/h3-13H,1-2H3. The Morgan fingerprint density at radius 3 is 2.15 bits per heavy atom. The minimum Gasteiger partial charge on any atom is -0.314 e. The first-order valence-electron chi connectivity index (χ1n) is 6.68. The van der Waals surface area contributed by atoms with Gasteiger partial charge in [-0.3, -0.25) is 0 Å². The molecule has 2 aromatic carbocycles. The largest absolute Gasteiger partial charge is 0.314 e. The molecule has 0 aliphatic carbocycles. The molecule has 0 amide bonds. The summed E-state index contributed by atoms with van der Waals surface area (Å²) < 4.78 is 2.30. The zero-order valence-electron chi connectivity index (χ0n) is 11.7. The summed E-state index contributed by atoms with van der Waals surface area (Å²) >= 11 is 1.77. The molecule has 20 heavy (non-hydrogen) atoms. The predicted molar refractivity (Wildman–Crippen MR) is 87.7 cm³/mol. The van der Waals surface area contributed by atoms with Crippen molar-refractivity contribution in [1.29, 1.82) is 0 Å². The van der Waals surface area contributed by atoms with Gasteiger partial charge in [0.15, 0.2) is 0 Å². The van der Waals surface area contributed by atoms with Crippen LogP contribution in [0, 0.1) is 6.92 Å². The molecule has 0 bridgehead atoms. The summed E-state index contributed by atoms with van der Waals surface area (Å²) in [6, 6.07) is 23.6. The van der Waals surface area contributed by atoms with E-state index in [4.69, 9.17) is 0 Å². The molecule has 1 nitrogen and oxygen atoms in total. The maximum Gasteiger partial charge on any atom is 0.0531 e. The number of aromatic nitrogens is 1. The molecule has 0 radical (unpaired) electrons. The monoisotopic (exact) mass is 279 g/mol. The van der Waals surface area contributed by atoms with Crippen LogP contribution in [-0.2, 0) is 0 Å². The van der Waals surface area contributed by atoms with Crippen LogP contribution in [0.5, 0.6) is 0 Å². The van der Waals surface area contributed by atoms with E-state index in [1.807, 2.05) is 0 Å². The Morgan fingerprint density at radius 1 is 0.800 bits per heavy atom. The SMILES string of the molecule is CSc1ccc(-c2ccc(C)n2-c2ccccc2)cc1. The number of hydrogen-bond acceptors (Lipinski definition) is 1. The van der Waals surface area contributed by atoms with Crippen molar-refractivity contribution in [1.82, 2.24) is 4.57 Å². The summed E-state index contributed by atoms with van der Waals surface area (Å²) in [7, 11) is 0. The second kappa shape index (κ2) is 5.59. The highest BCUT2D eigenvalue weighted by molar-refractivity contribution is 7.98. The van der Waals surface area contributed by atoms with Gasteiger partial charge in [-0.1, -0.05) is 30.3 Å². The van der Waals surface area contributed by atoms with Crippen molar-refractivity contribution >= 4 is 11.8 Å². The average molecular weight is 279 g/mol. The summed E-state index contributed by atoms with van der Waals surface area (Å²) in [5.41, 5.74) is 4.94. The average Bonchev–Trinajstić information content (AvgIpc) is 2.90. The number of nitrogens with zero attached hydrogens (tertiary/aromatic N) is 1. The molecule has 0 saturated heterocycles. The summed E-state index contributed by atoms with van der Waals surface area (Å²) in [4.78, 5) is 1.29. The van der Waals surface area contributed by atoms with Crippen LogP contribution in [0.15, 0.2) is 71.6 Å². The fourth-order valence-corrected chi connectivity index (χ4v) is 2.85. The number of benzene rings is 2. The molecule has 0 saturated carbocycles. The van der Waals surface area contributed by atoms with E-state index in [-0.39, 0.29) is 0 Å². The molecular weight excluding hydrogens is 262 g/mol. The first-order chi connectivity index (χ1) is 9.79. The van der Waals surface area contributed by atoms with Gasteiger partial charge in [0, 0.05) is 16.3 Å². The van der Waals surface area contributed by atoms with E-state index >= 15 is 0 Å². The Balaban J connectivity index is 2.11. The van der Waals surface area contributed by atoms with Crippen LogP contribution in [0.25, 0.3) is 16.9 Å². The maximum absolute atomic E-state index is 2.30. The molecule has 0 aliphatic heterocycles. The van der Waals surface area contributed by atoms with Gasteiger partial charge in [0.2, 0.25) is 0 Å². The third-order valence-corrected chi connectivity index (χ3v) is 4.22. The third-order valence-electron chi connectivity index (χ3n) is 3.48. The van der Waals surface area contributed by atoms with Crippen LogP contribution in [0.2, 0.25) is 0 Å². The summed E-state index contributed by atoms with van der Waals surface area (Å²) in [5.74, 6) is 0. The van der Waals surface area contributed by atoms with Crippen LogP contribution in [0.3, 0.4) is 0 Å². The van der Waals surface area contributed by atoms with Gasteiger partial charge in [0.1, 0.15) is 0 Å². The molecular formula is C18H17NS. The summed E-state index contributed by atoms with van der Waals surface area (Å²) in [6.07, 6.45) is 2.10. The Bertz CT molecular complexity index is 696.